The molecule has 0 spiro atoms. The third-order valence-corrected chi connectivity index (χ3v) is 5.16. The highest BCUT2D eigenvalue weighted by Crippen LogP contribution is 2.31. The quantitative estimate of drug-likeness (QED) is 0.355. The first-order valence-corrected chi connectivity index (χ1v) is 11.4. The summed E-state index contributed by atoms with van der Waals surface area (Å²) in [7, 11) is 0. The average molecular weight is 473 g/mol. The van der Waals surface area contributed by atoms with Crippen LogP contribution in [0.25, 0.3) is 22.5 Å². The molecule has 0 saturated carbocycles. The molecule has 3 aromatic rings. The monoisotopic (exact) mass is 472 g/mol. The van der Waals surface area contributed by atoms with E-state index in [1.54, 1.807) is 6.20 Å². The number of nitrogens with zero attached hydrogens (tertiary/aromatic N) is 2. The summed E-state index contributed by atoms with van der Waals surface area (Å²) >= 11 is 12.1. The smallest absolute Gasteiger partial charge is 0.314 e. The number of ether oxygens (including phenoxy) is 1. The number of amides is 2. The highest BCUT2D eigenvalue weighted by molar-refractivity contribution is 6.31. The maximum Gasteiger partial charge on any atom is 0.314 e. The van der Waals surface area contributed by atoms with Crippen LogP contribution < -0.4 is 15.4 Å². The molecule has 0 atom stereocenters. The number of nitrogens with one attached hydrogen (secondary N) is 2. The van der Waals surface area contributed by atoms with Crippen LogP contribution in [0.1, 0.15) is 26.2 Å². The molecule has 2 aromatic carbocycles. The molecule has 3 rings (SSSR count). The zero-order valence-electron chi connectivity index (χ0n) is 17.9. The van der Waals surface area contributed by atoms with Crippen molar-refractivity contribution in [3.05, 3.63) is 64.8 Å². The molecule has 8 heteroatoms. The summed E-state index contributed by atoms with van der Waals surface area (Å²) in [5.74, 6) is 0.417. The lowest BCUT2D eigenvalue weighted by Crippen LogP contribution is -2.36. The first-order chi connectivity index (χ1) is 15.6. The molecule has 6 nitrogen and oxygen atoms in total. The van der Waals surface area contributed by atoms with Gasteiger partial charge in [-0.2, -0.15) is 0 Å². The molecule has 0 bridgehead atoms. The van der Waals surface area contributed by atoms with Crippen LogP contribution in [0, 0.1) is 0 Å². The number of benzene rings is 2. The van der Waals surface area contributed by atoms with Crippen LogP contribution in [0.4, 0.5) is 4.79 Å². The van der Waals surface area contributed by atoms with Crippen molar-refractivity contribution in [2.24, 2.45) is 0 Å². The lowest BCUT2D eigenvalue weighted by atomic mass is 10.0. The SMILES string of the molecule is CCCCNC(=O)NCCCOc1cnc(-c2ccc(Cl)cc2)c(-c2ccc(Cl)cc2)n1. The van der Waals surface area contributed by atoms with Gasteiger partial charge in [0.05, 0.1) is 18.5 Å². The summed E-state index contributed by atoms with van der Waals surface area (Å²) < 4.78 is 5.79. The Kier molecular flexibility index (Phi) is 9.13. The predicted octanol–water partition coefficient (Wildman–Crippen LogP) is 5.99. The number of halogens is 2. The predicted molar refractivity (Wildman–Crippen MR) is 129 cm³/mol. The van der Waals surface area contributed by atoms with E-state index in [0.717, 1.165) is 29.7 Å². The minimum atomic E-state index is -0.157. The Morgan fingerprint density at radius 1 is 0.875 bits per heavy atom. The van der Waals surface area contributed by atoms with Crippen LogP contribution in [0.2, 0.25) is 10.0 Å². The van der Waals surface area contributed by atoms with E-state index in [0.29, 0.717) is 47.7 Å². The Morgan fingerprint density at radius 3 is 2.03 bits per heavy atom. The maximum atomic E-state index is 11.7. The van der Waals surface area contributed by atoms with Crippen LogP contribution in [0.15, 0.2) is 54.7 Å². The van der Waals surface area contributed by atoms with E-state index in [9.17, 15) is 4.79 Å². The minimum absolute atomic E-state index is 0.157. The van der Waals surface area contributed by atoms with Gasteiger partial charge in [0.2, 0.25) is 5.88 Å². The van der Waals surface area contributed by atoms with Gasteiger partial charge < -0.3 is 15.4 Å². The normalized spacial score (nSPS) is 10.6. The molecule has 0 unspecified atom stereocenters. The summed E-state index contributed by atoms with van der Waals surface area (Å²) in [6.07, 6.45) is 4.27. The lowest BCUT2D eigenvalue weighted by Gasteiger charge is -2.12. The minimum Gasteiger partial charge on any atom is -0.476 e. The van der Waals surface area contributed by atoms with Crippen molar-refractivity contribution in [2.75, 3.05) is 19.7 Å². The Bertz CT molecular complexity index is 1010. The number of unbranched alkanes of at least 4 members (excludes halogenated alkanes) is 1. The van der Waals surface area contributed by atoms with Crippen LogP contribution in [-0.4, -0.2) is 35.7 Å². The topological polar surface area (TPSA) is 76.1 Å². The fourth-order valence-corrected chi connectivity index (χ4v) is 3.21. The van der Waals surface area contributed by atoms with Crippen molar-refractivity contribution >= 4 is 29.2 Å². The standard InChI is InChI=1S/C24H26Cl2N4O2/c1-2-3-13-27-24(31)28-14-4-15-32-21-16-29-22(17-5-9-19(25)10-6-17)23(30-21)18-7-11-20(26)12-8-18/h5-12,16H,2-4,13-15H2,1H3,(H2,27,28,31). The Morgan fingerprint density at radius 2 is 1.44 bits per heavy atom. The van der Waals surface area contributed by atoms with Gasteiger partial charge in [-0.05, 0) is 37.1 Å². The van der Waals surface area contributed by atoms with Gasteiger partial charge in [0.15, 0.2) is 0 Å². The highest BCUT2D eigenvalue weighted by Gasteiger charge is 2.13. The first kappa shape index (κ1) is 23.8. The van der Waals surface area contributed by atoms with E-state index in [4.69, 9.17) is 32.9 Å². The summed E-state index contributed by atoms with van der Waals surface area (Å²) in [6.45, 7) is 3.69. The Balaban J connectivity index is 1.66. The van der Waals surface area contributed by atoms with Gasteiger partial charge in [0.25, 0.3) is 0 Å². The van der Waals surface area contributed by atoms with Gasteiger partial charge >= 0.3 is 6.03 Å². The number of urea groups is 1. The zero-order chi connectivity index (χ0) is 22.8. The summed E-state index contributed by atoms with van der Waals surface area (Å²) in [5, 5.41) is 6.93. The van der Waals surface area contributed by atoms with Crippen molar-refractivity contribution in [2.45, 2.75) is 26.2 Å². The number of aromatic nitrogens is 2. The van der Waals surface area contributed by atoms with E-state index < -0.39 is 0 Å². The molecule has 168 valence electrons. The number of hydrogen-bond acceptors (Lipinski definition) is 4. The molecule has 0 aliphatic carbocycles. The van der Waals surface area contributed by atoms with Crippen LogP contribution >= 0.6 is 23.2 Å². The fourth-order valence-electron chi connectivity index (χ4n) is 2.96. The van der Waals surface area contributed by atoms with E-state index >= 15 is 0 Å². The van der Waals surface area contributed by atoms with Crippen molar-refractivity contribution in [1.82, 2.24) is 20.6 Å². The molecule has 0 radical (unpaired) electrons. The second kappa shape index (κ2) is 12.3. The molecular formula is C24H26Cl2N4O2. The fraction of sp³-hybridized carbons (Fsp3) is 0.292. The molecule has 0 aliphatic heterocycles. The number of carbonyl (C=O) groups excluding carboxylic acids is 1. The molecule has 0 saturated heterocycles. The van der Waals surface area contributed by atoms with Gasteiger partial charge in [0.1, 0.15) is 5.69 Å². The van der Waals surface area contributed by atoms with E-state index in [2.05, 4.69) is 22.5 Å². The number of hydrogen-bond donors (Lipinski definition) is 2. The number of rotatable bonds is 10. The summed E-state index contributed by atoms with van der Waals surface area (Å²) in [6, 6.07) is 14.7. The van der Waals surface area contributed by atoms with Crippen molar-refractivity contribution in [1.29, 1.82) is 0 Å². The summed E-state index contributed by atoms with van der Waals surface area (Å²) in [5.41, 5.74) is 3.19. The molecule has 0 fully saturated rings. The molecule has 0 aliphatic rings. The molecule has 2 amide bonds. The second-order valence-corrected chi connectivity index (χ2v) is 8.03. The van der Waals surface area contributed by atoms with Crippen molar-refractivity contribution in [3.63, 3.8) is 0 Å². The maximum absolute atomic E-state index is 11.7. The van der Waals surface area contributed by atoms with Crippen molar-refractivity contribution in [3.8, 4) is 28.4 Å². The molecule has 32 heavy (non-hydrogen) atoms. The van der Waals surface area contributed by atoms with E-state index in [-0.39, 0.29) is 6.03 Å². The van der Waals surface area contributed by atoms with E-state index in [1.807, 2.05) is 48.5 Å². The van der Waals surface area contributed by atoms with Crippen molar-refractivity contribution < 1.29 is 9.53 Å². The summed E-state index contributed by atoms with van der Waals surface area (Å²) in [4.78, 5) is 21.0. The first-order valence-electron chi connectivity index (χ1n) is 10.6. The molecule has 2 N–H and O–H groups in total. The highest BCUT2D eigenvalue weighted by atomic mass is 35.5. The average Bonchev–Trinajstić information content (AvgIpc) is 2.80. The van der Waals surface area contributed by atoms with Crippen LogP contribution in [0.3, 0.4) is 0 Å². The van der Waals surface area contributed by atoms with Gasteiger partial charge in [-0.25, -0.2) is 14.8 Å². The Hall–Kier alpha value is -2.83. The largest absolute Gasteiger partial charge is 0.476 e. The second-order valence-electron chi connectivity index (χ2n) is 7.16. The van der Waals surface area contributed by atoms with Crippen LogP contribution in [0.5, 0.6) is 5.88 Å². The zero-order valence-corrected chi connectivity index (χ0v) is 19.4. The van der Waals surface area contributed by atoms with Gasteiger partial charge in [-0.15, -0.1) is 0 Å². The third-order valence-electron chi connectivity index (χ3n) is 4.66. The Labute approximate surface area is 198 Å². The van der Waals surface area contributed by atoms with Gasteiger partial charge in [0, 0.05) is 34.3 Å². The molecular weight excluding hydrogens is 447 g/mol. The molecule has 1 aromatic heterocycles. The van der Waals surface area contributed by atoms with Gasteiger partial charge in [-0.3, -0.25) is 0 Å². The van der Waals surface area contributed by atoms with Crippen LogP contribution in [-0.2, 0) is 0 Å². The van der Waals surface area contributed by atoms with Gasteiger partial charge in [-0.1, -0.05) is 60.8 Å². The number of carbonyl (C=O) groups is 1. The lowest BCUT2D eigenvalue weighted by molar-refractivity contribution is 0.238. The molecule has 1 heterocycles. The van der Waals surface area contributed by atoms with E-state index in [1.165, 1.54) is 0 Å². The third kappa shape index (κ3) is 7.11.